The number of carbonyl (C=O) groups excluding carboxylic acids is 1. The summed E-state index contributed by atoms with van der Waals surface area (Å²) >= 11 is 0. The van der Waals surface area contributed by atoms with E-state index in [9.17, 15) is 4.79 Å². The minimum atomic E-state index is 0.109. The number of fused-ring (bicyclic) bond motifs is 4. The van der Waals surface area contributed by atoms with Gasteiger partial charge in [0.1, 0.15) is 12.4 Å². The number of aryl methyl sites for hydroxylation is 1. The minimum absolute atomic E-state index is 0.109. The normalized spacial score (nSPS) is 22.8. The number of ether oxygens (including phenoxy) is 2. The lowest BCUT2D eigenvalue weighted by Gasteiger charge is -2.38. The summed E-state index contributed by atoms with van der Waals surface area (Å²) in [4.78, 5) is 17.7. The van der Waals surface area contributed by atoms with Crippen LogP contribution in [0.3, 0.4) is 0 Å². The van der Waals surface area contributed by atoms with E-state index in [1.54, 1.807) is 0 Å². The number of nitrogens with zero attached hydrogens (tertiary/aromatic N) is 2. The van der Waals surface area contributed by atoms with E-state index in [2.05, 4.69) is 35.2 Å². The van der Waals surface area contributed by atoms with Gasteiger partial charge in [-0.25, -0.2) is 0 Å². The van der Waals surface area contributed by atoms with Crippen molar-refractivity contribution in [2.24, 2.45) is 5.92 Å². The van der Waals surface area contributed by atoms with Crippen LogP contribution in [0.4, 0.5) is 0 Å². The molecule has 2 aromatic carbocycles. The van der Waals surface area contributed by atoms with Gasteiger partial charge in [-0.05, 0) is 69.0 Å². The van der Waals surface area contributed by atoms with Crippen molar-refractivity contribution in [1.82, 2.24) is 9.80 Å². The molecule has 4 rings (SSSR count). The zero-order valence-corrected chi connectivity index (χ0v) is 20.0. The van der Waals surface area contributed by atoms with E-state index in [1.807, 2.05) is 36.3 Å². The molecular formula is C28H38N2O3. The van der Waals surface area contributed by atoms with Gasteiger partial charge in [0.05, 0.1) is 6.10 Å². The average Bonchev–Trinajstić information content (AvgIpc) is 2.86. The highest BCUT2D eigenvalue weighted by Crippen LogP contribution is 2.26. The Balaban J connectivity index is 1.41. The maximum atomic E-state index is 13.2. The molecule has 2 aliphatic rings. The van der Waals surface area contributed by atoms with E-state index < -0.39 is 0 Å². The van der Waals surface area contributed by atoms with E-state index in [1.165, 1.54) is 12.0 Å². The SMILES string of the molecule is CO[C@H]1CCN2C[C@H]1CCCCN(CCCc1ccccc1)CCOc1cccc(c1)C2=O. The highest BCUT2D eigenvalue weighted by atomic mass is 16.5. The number of methoxy groups -OCH3 is 1. The van der Waals surface area contributed by atoms with E-state index in [-0.39, 0.29) is 12.0 Å². The number of rotatable bonds is 5. The van der Waals surface area contributed by atoms with Crippen LogP contribution in [0.2, 0.25) is 0 Å². The smallest absolute Gasteiger partial charge is 0.254 e. The maximum Gasteiger partial charge on any atom is 0.254 e. The summed E-state index contributed by atoms with van der Waals surface area (Å²) in [5, 5.41) is 0. The Morgan fingerprint density at radius 3 is 2.73 bits per heavy atom. The third kappa shape index (κ3) is 6.81. The zero-order valence-electron chi connectivity index (χ0n) is 20.0. The topological polar surface area (TPSA) is 42.0 Å². The fourth-order valence-electron chi connectivity index (χ4n) is 5.21. The van der Waals surface area contributed by atoms with E-state index in [4.69, 9.17) is 9.47 Å². The Hall–Kier alpha value is -2.37. The molecule has 5 heteroatoms. The monoisotopic (exact) mass is 450 g/mol. The number of benzene rings is 2. The second kappa shape index (κ2) is 12.2. The average molecular weight is 451 g/mol. The number of hydrogen-bond donors (Lipinski definition) is 0. The quantitative estimate of drug-likeness (QED) is 0.664. The Bertz CT molecular complexity index is 872. The summed E-state index contributed by atoms with van der Waals surface area (Å²) in [5.41, 5.74) is 2.12. The lowest BCUT2D eigenvalue weighted by molar-refractivity contribution is -0.00675. The van der Waals surface area contributed by atoms with Gasteiger partial charge in [-0.15, -0.1) is 0 Å². The molecule has 0 unspecified atom stereocenters. The van der Waals surface area contributed by atoms with Crippen molar-refractivity contribution in [3.63, 3.8) is 0 Å². The van der Waals surface area contributed by atoms with Crippen molar-refractivity contribution in [2.75, 3.05) is 46.4 Å². The molecule has 1 fully saturated rings. The Labute approximate surface area is 198 Å². The van der Waals surface area contributed by atoms with Crippen LogP contribution in [-0.4, -0.2) is 68.3 Å². The summed E-state index contributed by atoms with van der Waals surface area (Å²) in [7, 11) is 1.81. The predicted molar refractivity (Wildman–Crippen MR) is 132 cm³/mol. The number of piperidine rings is 1. The van der Waals surface area contributed by atoms with Gasteiger partial charge >= 0.3 is 0 Å². The van der Waals surface area contributed by atoms with Crippen molar-refractivity contribution in [3.8, 4) is 5.75 Å². The fourth-order valence-corrected chi connectivity index (χ4v) is 5.21. The van der Waals surface area contributed by atoms with Crippen LogP contribution < -0.4 is 4.74 Å². The van der Waals surface area contributed by atoms with Gasteiger partial charge in [0, 0.05) is 38.2 Å². The van der Waals surface area contributed by atoms with Crippen molar-refractivity contribution < 1.29 is 14.3 Å². The minimum Gasteiger partial charge on any atom is -0.492 e. The molecule has 33 heavy (non-hydrogen) atoms. The van der Waals surface area contributed by atoms with Gasteiger partial charge in [-0.3, -0.25) is 9.69 Å². The van der Waals surface area contributed by atoms with E-state index >= 15 is 0 Å². The van der Waals surface area contributed by atoms with Crippen LogP contribution in [-0.2, 0) is 11.2 Å². The second-order valence-corrected chi connectivity index (χ2v) is 9.38. The van der Waals surface area contributed by atoms with Crippen LogP contribution >= 0.6 is 0 Å². The van der Waals surface area contributed by atoms with Gasteiger partial charge in [0.15, 0.2) is 0 Å². The molecule has 0 aromatic heterocycles. The van der Waals surface area contributed by atoms with Crippen LogP contribution in [0.5, 0.6) is 5.75 Å². The van der Waals surface area contributed by atoms with Gasteiger partial charge in [0.2, 0.25) is 0 Å². The van der Waals surface area contributed by atoms with Crippen LogP contribution in [0.15, 0.2) is 54.6 Å². The molecule has 1 saturated heterocycles. The van der Waals surface area contributed by atoms with Crippen molar-refractivity contribution in [3.05, 3.63) is 65.7 Å². The highest BCUT2D eigenvalue weighted by Gasteiger charge is 2.31. The zero-order chi connectivity index (χ0) is 22.9. The molecule has 2 aliphatic heterocycles. The molecule has 4 bridgehead atoms. The van der Waals surface area contributed by atoms with Gasteiger partial charge in [-0.1, -0.05) is 42.8 Å². The number of carbonyl (C=O) groups is 1. The summed E-state index contributed by atoms with van der Waals surface area (Å²) < 4.78 is 11.9. The molecule has 0 spiro atoms. The first-order valence-corrected chi connectivity index (χ1v) is 12.5. The molecular weight excluding hydrogens is 412 g/mol. The first kappa shape index (κ1) is 23.8. The summed E-state index contributed by atoms with van der Waals surface area (Å²) in [6.07, 6.45) is 6.86. The summed E-state index contributed by atoms with van der Waals surface area (Å²) in [5.74, 6) is 1.30. The van der Waals surface area contributed by atoms with Gasteiger partial charge < -0.3 is 14.4 Å². The number of hydrogen-bond acceptors (Lipinski definition) is 4. The lowest BCUT2D eigenvalue weighted by Crippen LogP contribution is -2.46. The molecule has 2 aromatic rings. The molecule has 0 N–H and O–H groups in total. The summed E-state index contributed by atoms with van der Waals surface area (Å²) in [6, 6.07) is 18.4. The molecule has 0 saturated carbocycles. The number of amides is 1. The molecule has 178 valence electrons. The summed E-state index contributed by atoms with van der Waals surface area (Å²) in [6.45, 7) is 5.25. The maximum absolute atomic E-state index is 13.2. The van der Waals surface area contributed by atoms with Gasteiger partial charge in [0.25, 0.3) is 5.91 Å². The van der Waals surface area contributed by atoms with Crippen molar-refractivity contribution in [2.45, 2.75) is 44.6 Å². The first-order valence-electron chi connectivity index (χ1n) is 12.5. The Kier molecular flexibility index (Phi) is 8.79. The second-order valence-electron chi connectivity index (χ2n) is 9.38. The third-order valence-corrected chi connectivity index (χ3v) is 7.09. The van der Waals surface area contributed by atoms with E-state index in [0.29, 0.717) is 12.5 Å². The standard InChI is InChI=1S/C28H38N2O3/c1-32-27-15-18-30-22-25(27)12-5-6-16-29(17-8-11-23-9-3-2-4-10-23)19-20-33-26-14-7-13-24(21-26)28(30)31/h2-4,7,9-10,13-14,21,25,27H,5-6,8,11-12,15-20,22H2,1H3/t25-,27+/m1/s1. The van der Waals surface area contributed by atoms with Gasteiger partial charge in [-0.2, -0.15) is 0 Å². The third-order valence-electron chi connectivity index (χ3n) is 7.09. The lowest BCUT2D eigenvalue weighted by atomic mass is 9.89. The molecule has 0 radical (unpaired) electrons. The van der Waals surface area contributed by atoms with E-state index in [0.717, 1.165) is 76.1 Å². The molecule has 5 nitrogen and oxygen atoms in total. The molecule has 1 amide bonds. The van der Waals surface area contributed by atoms with Crippen LogP contribution in [0.25, 0.3) is 0 Å². The van der Waals surface area contributed by atoms with Crippen molar-refractivity contribution in [1.29, 1.82) is 0 Å². The first-order chi connectivity index (χ1) is 16.2. The van der Waals surface area contributed by atoms with Crippen LogP contribution in [0, 0.1) is 5.92 Å². The Morgan fingerprint density at radius 2 is 1.88 bits per heavy atom. The fraction of sp³-hybridized carbons (Fsp3) is 0.536. The van der Waals surface area contributed by atoms with Crippen molar-refractivity contribution >= 4 is 5.91 Å². The molecule has 2 heterocycles. The highest BCUT2D eigenvalue weighted by molar-refractivity contribution is 5.94. The van der Waals surface area contributed by atoms with Crippen LogP contribution in [0.1, 0.15) is 48.0 Å². The predicted octanol–water partition coefficient (Wildman–Crippen LogP) is 4.66. The Morgan fingerprint density at radius 1 is 1.00 bits per heavy atom. The largest absolute Gasteiger partial charge is 0.492 e. The molecule has 0 aliphatic carbocycles. The molecule has 2 atom stereocenters.